The first-order chi connectivity index (χ1) is 16.5. The quantitative estimate of drug-likeness (QED) is 0.311. The summed E-state index contributed by atoms with van der Waals surface area (Å²) >= 11 is 0. The maximum Gasteiger partial charge on any atom is 0.301 e. The van der Waals surface area contributed by atoms with Crippen molar-refractivity contribution in [2.45, 2.75) is 6.92 Å². The molecule has 0 spiro atoms. The van der Waals surface area contributed by atoms with Crippen LogP contribution in [0, 0.1) is 5.82 Å². The van der Waals surface area contributed by atoms with Gasteiger partial charge in [0.25, 0.3) is 0 Å². The van der Waals surface area contributed by atoms with Crippen LogP contribution in [-0.4, -0.2) is 43.1 Å². The number of nitrogens with one attached hydrogen (secondary N) is 2. The van der Waals surface area contributed by atoms with E-state index in [1.165, 1.54) is 24.3 Å². The van der Waals surface area contributed by atoms with Gasteiger partial charge in [0.1, 0.15) is 11.6 Å². The molecule has 0 atom stereocenters. The predicted molar refractivity (Wildman–Crippen MR) is 125 cm³/mol. The highest BCUT2D eigenvalue weighted by Crippen LogP contribution is 2.36. The number of aromatic amines is 1. The number of aromatic hydroxyl groups is 1. The lowest BCUT2D eigenvalue weighted by Gasteiger charge is -2.12. The van der Waals surface area contributed by atoms with Crippen LogP contribution < -0.4 is 10.4 Å². The fourth-order valence-electron chi connectivity index (χ4n) is 3.48. The summed E-state index contributed by atoms with van der Waals surface area (Å²) < 4.78 is 13.2. The molecule has 0 saturated carbocycles. The maximum absolute atomic E-state index is 13.2. The van der Waals surface area contributed by atoms with Crippen molar-refractivity contribution in [3.8, 4) is 28.3 Å². The Balaban J connectivity index is 1.41. The number of tetrazole rings is 1. The number of aromatic nitrogens is 4. The minimum atomic E-state index is -0.472. The van der Waals surface area contributed by atoms with Gasteiger partial charge in [-0.15, -0.1) is 5.10 Å². The van der Waals surface area contributed by atoms with E-state index in [2.05, 4.69) is 36.3 Å². The van der Waals surface area contributed by atoms with Crippen LogP contribution in [0.3, 0.4) is 0 Å². The van der Waals surface area contributed by atoms with Crippen LogP contribution in [0.4, 0.5) is 15.8 Å². The topological polar surface area (TPSA) is 132 Å². The molecule has 34 heavy (non-hydrogen) atoms. The molecule has 1 aliphatic heterocycles. The molecule has 0 fully saturated rings. The number of hydrogen-bond donors (Lipinski definition) is 3. The molecule has 0 radical (unpaired) electrons. The minimum absolute atomic E-state index is 0.0462. The summed E-state index contributed by atoms with van der Waals surface area (Å²) in [5.74, 6) is -0.428. The zero-order valence-electron chi connectivity index (χ0n) is 17.8. The number of para-hydroxylation sites is 1. The van der Waals surface area contributed by atoms with Crippen molar-refractivity contribution in [2.24, 2.45) is 10.2 Å². The highest BCUT2D eigenvalue weighted by Gasteiger charge is 2.30. The zero-order valence-corrected chi connectivity index (χ0v) is 17.8. The van der Waals surface area contributed by atoms with Crippen molar-refractivity contribution in [2.75, 3.05) is 10.4 Å². The van der Waals surface area contributed by atoms with Gasteiger partial charge in [0, 0.05) is 11.1 Å². The molecule has 3 aromatic carbocycles. The van der Waals surface area contributed by atoms with Gasteiger partial charge >= 0.3 is 5.91 Å². The van der Waals surface area contributed by atoms with Gasteiger partial charge in [-0.3, -0.25) is 10.2 Å². The van der Waals surface area contributed by atoms with Crippen LogP contribution >= 0.6 is 0 Å². The first-order valence-corrected chi connectivity index (χ1v) is 10.2. The molecule has 4 aromatic rings. The van der Waals surface area contributed by atoms with Gasteiger partial charge < -0.3 is 5.11 Å². The van der Waals surface area contributed by atoms with E-state index < -0.39 is 11.7 Å². The molecule has 0 aliphatic carbocycles. The number of amides is 1. The minimum Gasteiger partial charge on any atom is -0.505 e. The van der Waals surface area contributed by atoms with Crippen LogP contribution in [-0.2, 0) is 4.79 Å². The number of phenols is 1. The Labute approximate surface area is 192 Å². The first kappa shape index (κ1) is 20.9. The van der Waals surface area contributed by atoms with E-state index in [-0.39, 0.29) is 11.5 Å². The lowest BCUT2D eigenvalue weighted by molar-refractivity contribution is -0.112. The van der Waals surface area contributed by atoms with Crippen LogP contribution in [0.15, 0.2) is 76.9 Å². The molecule has 1 amide bonds. The van der Waals surface area contributed by atoms with Gasteiger partial charge in [-0.05, 0) is 59.3 Å². The molecule has 1 aromatic heterocycles. The molecule has 0 bridgehead atoms. The number of carbonyl (C=O) groups excluding carboxylic acids is 1. The van der Waals surface area contributed by atoms with Gasteiger partial charge in [-0.25, -0.2) is 9.49 Å². The van der Waals surface area contributed by atoms with Crippen molar-refractivity contribution in [1.29, 1.82) is 0 Å². The van der Waals surface area contributed by atoms with Crippen molar-refractivity contribution >= 4 is 28.7 Å². The Bertz CT molecular complexity index is 1430. The molecule has 0 saturated heterocycles. The smallest absolute Gasteiger partial charge is 0.301 e. The highest BCUT2D eigenvalue weighted by atomic mass is 19.1. The number of benzene rings is 3. The summed E-state index contributed by atoms with van der Waals surface area (Å²) in [7, 11) is 0. The molecule has 168 valence electrons. The predicted octanol–water partition coefficient (Wildman–Crippen LogP) is 3.57. The Hall–Kier alpha value is -4.93. The van der Waals surface area contributed by atoms with Crippen LogP contribution in [0.5, 0.6) is 5.75 Å². The number of hydrazone groups is 2. The summed E-state index contributed by atoms with van der Waals surface area (Å²) in [5.41, 5.74) is 5.98. The molecule has 2 heterocycles. The van der Waals surface area contributed by atoms with Crippen molar-refractivity contribution in [3.05, 3.63) is 72.5 Å². The van der Waals surface area contributed by atoms with Gasteiger partial charge in [-0.1, -0.05) is 30.3 Å². The summed E-state index contributed by atoms with van der Waals surface area (Å²) in [4.78, 5) is 12.8. The number of phenolic OH excluding ortho intramolecular Hbond substituents is 1. The van der Waals surface area contributed by atoms with Gasteiger partial charge in [0.15, 0.2) is 11.5 Å². The summed E-state index contributed by atoms with van der Waals surface area (Å²) in [6, 6.07) is 17.9. The highest BCUT2D eigenvalue weighted by molar-refractivity contribution is 6.71. The molecule has 10 nitrogen and oxygen atoms in total. The van der Waals surface area contributed by atoms with Crippen molar-refractivity contribution < 1.29 is 14.3 Å². The van der Waals surface area contributed by atoms with E-state index in [4.69, 9.17) is 0 Å². The zero-order chi connectivity index (χ0) is 23.7. The lowest BCUT2D eigenvalue weighted by Crippen LogP contribution is -2.27. The Morgan fingerprint density at radius 1 is 1.06 bits per heavy atom. The molecule has 3 N–H and O–H groups in total. The summed E-state index contributed by atoms with van der Waals surface area (Å²) in [6.45, 7) is 1.64. The Kier molecular flexibility index (Phi) is 5.26. The van der Waals surface area contributed by atoms with Gasteiger partial charge in [0.05, 0.1) is 17.1 Å². The van der Waals surface area contributed by atoms with Crippen LogP contribution in [0.25, 0.3) is 22.5 Å². The third-order valence-corrected chi connectivity index (χ3v) is 5.18. The normalized spacial score (nSPS) is 14.5. The first-order valence-electron chi connectivity index (χ1n) is 10.2. The van der Waals surface area contributed by atoms with Crippen molar-refractivity contribution in [1.82, 2.24) is 20.6 Å². The number of halogens is 1. The third-order valence-electron chi connectivity index (χ3n) is 5.18. The van der Waals surface area contributed by atoms with E-state index in [9.17, 15) is 14.3 Å². The van der Waals surface area contributed by atoms with E-state index in [1.54, 1.807) is 25.1 Å². The van der Waals surface area contributed by atoms with Crippen molar-refractivity contribution in [3.63, 3.8) is 0 Å². The molecular formula is C23H17FN8O2. The SMILES string of the molecule is CC1=NN(c2ccc(F)cc2)C(=O)C1=NNc1cccc(-c2cccc(-c3nnn[nH]3)c2)c1O. The van der Waals surface area contributed by atoms with E-state index >= 15 is 0 Å². The fourth-order valence-corrected chi connectivity index (χ4v) is 3.48. The number of hydrogen-bond acceptors (Lipinski definition) is 8. The third kappa shape index (κ3) is 3.86. The average molecular weight is 456 g/mol. The van der Waals surface area contributed by atoms with Gasteiger partial charge in [-0.2, -0.15) is 15.2 Å². The maximum atomic E-state index is 13.2. The fraction of sp³-hybridized carbons (Fsp3) is 0.0435. The van der Waals surface area contributed by atoms with E-state index in [1.807, 2.05) is 24.3 Å². The van der Waals surface area contributed by atoms with E-state index in [0.29, 0.717) is 28.5 Å². The molecular weight excluding hydrogens is 439 g/mol. The summed E-state index contributed by atoms with van der Waals surface area (Å²) in [5, 5.41) is 34.2. The second kappa shape index (κ2) is 8.54. The molecule has 5 rings (SSSR count). The molecule has 0 unspecified atom stereocenters. The van der Waals surface area contributed by atoms with Crippen LogP contribution in [0.2, 0.25) is 0 Å². The monoisotopic (exact) mass is 456 g/mol. The second-order valence-electron chi connectivity index (χ2n) is 7.38. The van der Waals surface area contributed by atoms with E-state index in [0.717, 1.165) is 16.1 Å². The average Bonchev–Trinajstić information content (AvgIpc) is 3.48. The largest absolute Gasteiger partial charge is 0.505 e. The number of H-pyrrole nitrogens is 1. The molecule has 11 heteroatoms. The Morgan fingerprint density at radius 2 is 1.82 bits per heavy atom. The summed E-state index contributed by atoms with van der Waals surface area (Å²) in [6.07, 6.45) is 0. The van der Waals surface area contributed by atoms with Gasteiger partial charge in [0.2, 0.25) is 0 Å². The second-order valence-corrected chi connectivity index (χ2v) is 7.38. The number of nitrogens with zero attached hydrogens (tertiary/aromatic N) is 6. The standard InChI is InChI=1S/C23H17FN8O2/c1-13-20(23(34)32(29-13)17-10-8-16(24)9-11-17)26-25-19-7-3-6-18(21(19)33)14-4-2-5-15(12-14)22-27-30-31-28-22/h2-12,25,33H,1H3,(H,27,28,30,31). The number of carbonyl (C=O) groups is 1. The van der Waals surface area contributed by atoms with Crippen LogP contribution in [0.1, 0.15) is 6.92 Å². The number of rotatable bonds is 5. The molecule has 1 aliphatic rings. The number of anilines is 2. The lowest BCUT2D eigenvalue weighted by atomic mass is 10.0. The Morgan fingerprint density at radius 3 is 2.59 bits per heavy atom.